The Morgan fingerprint density at radius 1 is 1.22 bits per heavy atom. The van der Waals surface area contributed by atoms with Crippen molar-refractivity contribution in [2.24, 2.45) is 0 Å². The largest absolute Gasteiger partial charge is 0.482 e. The summed E-state index contributed by atoms with van der Waals surface area (Å²) in [6.45, 7) is 2.11. The van der Waals surface area contributed by atoms with Crippen LogP contribution in [0.3, 0.4) is 0 Å². The van der Waals surface area contributed by atoms with E-state index in [0.717, 1.165) is 12.0 Å². The van der Waals surface area contributed by atoms with Gasteiger partial charge in [0.2, 0.25) is 0 Å². The number of allylic oxidation sites excluding steroid dienone is 1. The Bertz CT molecular complexity index is 776. The second kappa shape index (κ2) is 6.48. The molecule has 3 rings (SSSR count). The lowest BCUT2D eigenvalue weighted by Crippen LogP contribution is -2.25. The van der Waals surface area contributed by atoms with Crippen molar-refractivity contribution in [3.05, 3.63) is 65.2 Å². The number of carbonyl (C=O) groups excluding carboxylic acids is 2. The molecular weight excluding hydrogens is 290 g/mol. The number of nitrogens with one attached hydrogen (secondary N) is 1. The van der Waals surface area contributed by atoms with Gasteiger partial charge in [0, 0.05) is 5.56 Å². The first-order chi connectivity index (χ1) is 11.2. The molecule has 1 N–H and O–H groups in total. The van der Waals surface area contributed by atoms with Crippen molar-refractivity contribution >= 4 is 23.5 Å². The van der Waals surface area contributed by atoms with Crippen molar-refractivity contribution in [3.8, 4) is 5.75 Å². The molecule has 0 aliphatic carbocycles. The number of hydrogen-bond acceptors (Lipinski definition) is 3. The van der Waals surface area contributed by atoms with Crippen LogP contribution >= 0.6 is 0 Å². The summed E-state index contributed by atoms with van der Waals surface area (Å²) >= 11 is 0. The van der Waals surface area contributed by atoms with Gasteiger partial charge in [-0.1, -0.05) is 37.3 Å². The van der Waals surface area contributed by atoms with E-state index in [1.807, 2.05) is 12.1 Å². The van der Waals surface area contributed by atoms with Crippen molar-refractivity contribution < 1.29 is 14.3 Å². The van der Waals surface area contributed by atoms with Gasteiger partial charge in [-0.15, -0.1) is 0 Å². The topological polar surface area (TPSA) is 55.4 Å². The van der Waals surface area contributed by atoms with Crippen LogP contribution in [-0.2, 0) is 11.2 Å². The normalized spacial score (nSPS) is 13.3. The monoisotopic (exact) mass is 307 g/mol. The molecule has 0 fully saturated rings. The minimum atomic E-state index is -0.214. The lowest BCUT2D eigenvalue weighted by Gasteiger charge is -2.17. The molecule has 4 nitrogen and oxygen atoms in total. The van der Waals surface area contributed by atoms with Gasteiger partial charge >= 0.3 is 0 Å². The van der Waals surface area contributed by atoms with Gasteiger partial charge in [-0.25, -0.2) is 0 Å². The predicted molar refractivity (Wildman–Crippen MR) is 89.8 cm³/mol. The van der Waals surface area contributed by atoms with Gasteiger partial charge in [-0.05, 0) is 41.8 Å². The van der Waals surface area contributed by atoms with Crippen LogP contribution < -0.4 is 10.1 Å². The van der Waals surface area contributed by atoms with Crippen LogP contribution in [0.15, 0.2) is 48.5 Å². The summed E-state index contributed by atoms with van der Waals surface area (Å²) < 4.78 is 5.28. The maximum atomic E-state index is 12.3. The quantitative estimate of drug-likeness (QED) is 0.695. The fourth-order valence-electron chi connectivity index (χ4n) is 2.37. The molecule has 1 aliphatic rings. The first-order valence-electron chi connectivity index (χ1n) is 7.54. The summed E-state index contributed by atoms with van der Waals surface area (Å²) in [6, 6.07) is 13.1. The van der Waals surface area contributed by atoms with E-state index in [2.05, 4.69) is 24.4 Å². The van der Waals surface area contributed by atoms with Crippen LogP contribution in [0.4, 0.5) is 5.69 Å². The average Bonchev–Trinajstić information content (AvgIpc) is 2.59. The van der Waals surface area contributed by atoms with Crippen LogP contribution in [0.5, 0.6) is 5.75 Å². The Morgan fingerprint density at radius 3 is 2.74 bits per heavy atom. The Morgan fingerprint density at radius 2 is 2.00 bits per heavy atom. The van der Waals surface area contributed by atoms with E-state index in [0.29, 0.717) is 17.0 Å². The Hall–Kier alpha value is -2.88. The molecular formula is C19H17NO3. The summed E-state index contributed by atoms with van der Waals surface area (Å²) in [4.78, 5) is 23.6. The van der Waals surface area contributed by atoms with Crippen LogP contribution in [0.25, 0.3) is 6.08 Å². The van der Waals surface area contributed by atoms with E-state index in [-0.39, 0.29) is 18.3 Å². The predicted octanol–water partition coefficient (Wildman–Crippen LogP) is 3.48. The van der Waals surface area contributed by atoms with E-state index in [4.69, 9.17) is 4.74 Å². The molecule has 0 radical (unpaired) electrons. The Labute approximate surface area is 134 Å². The van der Waals surface area contributed by atoms with Gasteiger partial charge in [0.1, 0.15) is 5.75 Å². The molecule has 1 amide bonds. The molecule has 1 heterocycles. The van der Waals surface area contributed by atoms with Gasteiger partial charge in [-0.2, -0.15) is 0 Å². The molecule has 0 bridgehead atoms. The summed E-state index contributed by atoms with van der Waals surface area (Å²) in [5, 5.41) is 2.70. The first-order valence-corrected chi connectivity index (χ1v) is 7.54. The number of amides is 1. The van der Waals surface area contributed by atoms with Gasteiger partial charge in [0.05, 0.1) is 5.69 Å². The fourth-order valence-corrected chi connectivity index (χ4v) is 2.37. The number of fused-ring (bicyclic) bond motifs is 1. The fraction of sp³-hybridized carbons (Fsp3) is 0.158. The third-order valence-corrected chi connectivity index (χ3v) is 3.71. The zero-order chi connectivity index (χ0) is 16.2. The van der Waals surface area contributed by atoms with Crippen molar-refractivity contribution in [2.75, 3.05) is 11.9 Å². The summed E-state index contributed by atoms with van der Waals surface area (Å²) in [7, 11) is 0. The smallest absolute Gasteiger partial charge is 0.262 e. The minimum absolute atomic E-state index is 0.00789. The van der Waals surface area contributed by atoms with Crippen molar-refractivity contribution in [2.45, 2.75) is 13.3 Å². The molecule has 0 spiro atoms. The molecule has 0 unspecified atom stereocenters. The number of ketones is 1. The van der Waals surface area contributed by atoms with Crippen molar-refractivity contribution in [1.82, 2.24) is 0 Å². The third kappa shape index (κ3) is 3.48. The molecule has 1 aliphatic heterocycles. The molecule has 0 saturated carbocycles. The SMILES string of the molecule is CCc1ccc(C=CC(=O)c2ccc3c(c2)NC(=O)CO3)cc1. The number of rotatable bonds is 4. The van der Waals surface area contributed by atoms with Crippen molar-refractivity contribution in [1.29, 1.82) is 0 Å². The molecule has 0 atom stereocenters. The number of aryl methyl sites for hydroxylation is 1. The number of hydrogen-bond donors (Lipinski definition) is 1. The summed E-state index contributed by atoms with van der Waals surface area (Å²) in [6.07, 6.45) is 4.32. The molecule has 23 heavy (non-hydrogen) atoms. The van der Waals surface area contributed by atoms with Crippen LogP contribution in [-0.4, -0.2) is 18.3 Å². The maximum Gasteiger partial charge on any atom is 0.262 e. The highest BCUT2D eigenvalue weighted by molar-refractivity contribution is 6.08. The Kier molecular flexibility index (Phi) is 4.24. The summed E-state index contributed by atoms with van der Waals surface area (Å²) in [5.41, 5.74) is 3.29. The number of anilines is 1. The number of carbonyl (C=O) groups is 2. The highest BCUT2D eigenvalue weighted by Crippen LogP contribution is 2.28. The second-order valence-corrected chi connectivity index (χ2v) is 5.34. The van der Waals surface area contributed by atoms with Gasteiger partial charge in [0.25, 0.3) is 5.91 Å². The Balaban J connectivity index is 1.76. The minimum Gasteiger partial charge on any atom is -0.482 e. The highest BCUT2D eigenvalue weighted by atomic mass is 16.5. The zero-order valence-corrected chi connectivity index (χ0v) is 12.8. The first kappa shape index (κ1) is 15.0. The summed E-state index contributed by atoms with van der Waals surface area (Å²) in [5.74, 6) is 0.251. The molecule has 0 saturated heterocycles. The lowest BCUT2D eigenvalue weighted by molar-refractivity contribution is -0.118. The lowest BCUT2D eigenvalue weighted by atomic mass is 10.1. The molecule has 0 aromatic heterocycles. The molecule has 4 heteroatoms. The van der Waals surface area contributed by atoms with E-state index in [1.165, 1.54) is 11.6 Å². The van der Waals surface area contributed by atoms with Crippen LogP contribution in [0, 0.1) is 0 Å². The molecule has 2 aromatic carbocycles. The second-order valence-electron chi connectivity index (χ2n) is 5.34. The van der Waals surface area contributed by atoms with Gasteiger partial charge in [0.15, 0.2) is 12.4 Å². The van der Waals surface area contributed by atoms with E-state index in [1.54, 1.807) is 24.3 Å². The van der Waals surface area contributed by atoms with E-state index < -0.39 is 0 Å². The average molecular weight is 307 g/mol. The maximum absolute atomic E-state index is 12.3. The number of ether oxygens (including phenoxy) is 1. The van der Waals surface area contributed by atoms with Crippen molar-refractivity contribution in [3.63, 3.8) is 0 Å². The standard InChI is InChI=1S/C19H17NO3/c1-2-13-3-5-14(6-4-13)7-9-17(21)15-8-10-18-16(11-15)20-19(22)12-23-18/h3-11H,2,12H2,1H3,(H,20,22). The third-order valence-electron chi connectivity index (χ3n) is 3.71. The van der Waals surface area contributed by atoms with Gasteiger partial charge in [-0.3, -0.25) is 9.59 Å². The number of benzene rings is 2. The van der Waals surface area contributed by atoms with E-state index in [9.17, 15) is 9.59 Å². The zero-order valence-electron chi connectivity index (χ0n) is 12.8. The molecule has 2 aromatic rings. The van der Waals surface area contributed by atoms with E-state index >= 15 is 0 Å². The molecule has 116 valence electrons. The van der Waals surface area contributed by atoms with Crippen LogP contribution in [0.2, 0.25) is 0 Å². The highest BCUT2D eigenvalue weighted by Gasteiger charge is 2.17. The van der Waals surface area contributed by atoms with Gasteiger partial charge < -0.3 is 10.1 Å². The van der Waals surface area contributed by atoms with Crippen LogP contribution in [0.1, 0.15) is 28.4 Å².